The molecule has 27 heavy (non-hydrogen) atoms. The van der Waals surface area contributed by atoms with Gasteiger partial charge in [0, 0.05) is 4.90 Å². The fraction of sp³-hybridized carbons (Fsp3) is 0.200. The van der Waals surface area contributed by atoms with Gasteiger partial charge in [-0.15, -0.1) is 11.8 Å². The topological polar surface area (TPSA) is 66.9 Å². The van der Waals surface area contributed by atoms with Crippen molar-refractivity contribution in [3.63, 3.8) is 0 Å². The van der Waals surface area contributed by atoms with Gasteiger partial charge in [0.2, 0.25) is 11.8 Å². The molecule has 0 radical (unpaired) electrons. The number of para-hydroxylation sites is 1. The molecule has 0 fully saturated rings. The zero-order chi connectivity index (χ0) is 18.6. The summed E-state index contributed by atoms with van der Waals surface area (Å²) < 4.78 is 10.8. The van der Waals surface area contributed by atoms with Crippen molar-refractivity contribution < 1.29 is 18.4 Å². The second-order valence-corrected chi connectivity index (χ2v) is 7.16. The summed E-state index contributed by atoms with van der Waals surface area (Å²) in [5.41, 5.74) is 0.781. The van der Waals surface area contributed by atoms with Crippen LogP contribution >= 0.6 is 11.8 Å². The molecule has 1 aromatic carbocycles. The Hall–Kier alpha value is -2.93. The van der Waals surface area contributed by atoms with Gasteiger partial charge >= 0.3 is 0 Å². The predicted molar refractivity (Wildman–Crippen MR) is 101 cm³/mol. The van der Waals surface area contributed by atoms with Gasteiger partial charge in [0.1, 0.15) is 18.1 Å². The molecule has 2 amide bonds. The van der Waals surface area contributed by atoms with Crippen LogP contribution in [0.2, 0.25) is 0 Å². The van der Waals surface area contributed by atoms with Gasteiger partial charge in [-0.1, -0.05) is 12.1 Å². The number of carbonyl (C=O) groups is 2. The largest absolute Gasteiger partial charge is 0.467 e. The number of furan rings is 2. The Labute approximate surface area is 160 Å². The van der Waals surface area contributed by atoms with E-state index in [2.05, 4.69) is 0 Å². The standard InChI is InChI=1S/C20H18N2O4S/c23-19(13-22-17-7-1-2-8-18(17)27-14-20(22)24)21(11-15-5-3-9-25-15)12-16-6-4-10-26-16/h1-10H,11-14H2. The number of anilines is 1. The maximum Gasteiger partial charge on any atom is 0.243 e. The molecule has 7 heteroatoms. The number of benzene rings is 1. The monoisotopic (exact) mass is 382 g/mol. The van der Waals surface area contributed by atoms with E-state index in [0.717, 1.165) is 10.6 Å². The zero-order valence-electron chi connectivity index (χ0n) is 14.5. The fourth-order valence-electron chi connectivity index (χ4n) is 2.98. The van der Waals surface area contributed by atoms with Crippen LogP contribution in [0.5, 0.6) is 0 Å². The van der Waals surface area contributed by atoms with Crippen LogP contribution in [0.15, 0.2) is 74.8 Å². The van der Waals surface area contributed by atoms with Crippen molar-refractivity contribution in [1.29, 1.82) is 0 Å². The molecule has 0 atom stereocenters. The first-order valence-electron chi connectivity index (χ1n) is 8.55. The molecule has 1 aliphatic heterocycles. The summed E-state index contributed by atoms with van der Waals surface area (Å²) in [5.74, 6) is 1.45. The number of amides is 2. The Kier molecular flexibility index (Phi) is 5.02. The molecule has 0 saturated heterocycles. The second kappa shape index (κ2) is 7.75. The molecule has 0 aliphatic carbocycles. The molecule has 2 aromatic heterocycles. The van der Waals surface area contributed by atoms with Gasteiger partial charge in [0.15, 0.2) is 0 Å². The van der Waals surface area contributed by atoms with Gasteiger partial charge in [0.05, 0.1) is 37.1 Å². The van der Waals surface area contributed by atoms with Crippen LogP contribution < -0.4 is 4.90 Å². The lowest BCUT2D eigenvalue weighted by Gasteiger charge is -2.30. The van der Waals surface area contributed by atoms with E-state index >= 15 is 0 Å². The van der Waals surface area contributed by atoms with Crippen LogP contribution in [0.1, 0.15) is 11.5 Å². The molecule has 0 unspecified atom stereocenters. The highest BCUT2D eigenvalue weighted by molar-refractivity contribution is 8.00. The Morgan fingerprint density at radius 3 is 2.30 bits per heavy atom. The van der Waals surface area contributed by atoms with E-state index in [-0.39, 0.29) is 18.4 Å². The summed E-state index contributed by atoms with van der Waals surface area (Å²) in [6, 6.07) is 14.9. The number of hydrogen-bond donors (Lipinski definition) is 0. The van der Waals surface area contributed by atoms with Crippen molar-refractivity contribution in [2.45, 2.75) is 18.0 Å². The van der Waals surface area contributed by atoms with Crippen LogP contribution in [0, 0.1) is 0 Å². The number of nitrogens with zero attached hydrogens (tertiary/aromatic N) is 2. The third kappa shape index (κ3) is 3.93. The summed E-state index contributed by atoms with van der Waals surface area (Å²) in [7, 11) is 0. The third-order valence-electron chi connectivity index (χ3n) is 4.31. The molecule has 1 aliphatic rings. The van der Waals surface area contributed by atoms with Gasteiger partial charge in [-0.05, 0) is 36.4 Å². The summed E-state index contributed by atoms with van der Waals surface area (Å²) in [6.07, 6.45) is 3.15. The summed E-state index contributed by atoms with van der Waals surface area (Å²) >= 11 is 1.50. The smallest absolute Gasteiger partial charge is 0.243 e. The first-order valence-corrected chi connectivity index (χ1v) is 9.54. The van der Waals surface area contributed by atoms with Crippen LogP contribution in [-0.4, -0.2) is 29.0 Å². The van der Waals surface area contributed by atoms with Gasteiger partial charge in [-0.3, -0.25) is 9.59 Å². The summed E-state index contributed by atoms with van der Waals surface area (Å²) in [6.45, 7) is 0.605. The first-order chi connectivity index (χ1) is 13.2. The van der Waals surface area contributed by atoms with Crippen molar-refractivity contribution in [3.05, 3.63) is 72.6 Å². The molecule has 0 spiro atoms. The Balaban J connectivity index is 1.55. The van der Waals surface area contributed by atoms with Crippen molar-refractivity contribution in [2.75, 3.05) is 17.2 Å². The molecule has 3 aromatic rings. The van der Waals surface area contributed by atoms with E-state index in [0.29, 0.717) is 30.4 Å². The Bertz CT molecular complexity index is 885. The highest BCUT2D eigenvalue weighted by Crippen LogP contribution is 2.34. The molecule has 0 bridgehead atoms. The SMILES string of the molecule is O=C(CN1C(=O)CSc2ccccc21)N(Cc1ccco1)Cc1ccco1. The van der Waals surface area contributed by atoms with Gasteiger partial charge < -0.3 is 18.6 Å². The lowest BCUT2D eigenvalue weighted by molar-refractivity contribution is -0.132. The summed E-state index contributed by atoms with van der Waals surface area (Å²) in [5, 5.41) is 0. The van der Waals surface area contributed by atoms with Gasteiger partial charge in [-0.2, -0.15) is 0 Å². The molecular weight excluding hydrogens is 364 g/mol. The van der Waals surface area contributed by atoms with Gasteiger partial charge in [-0.25, -0.2) is 0 Å². The average Bonchev–Trinajstić information content (AvgIpc) is 3.37. The second-order valence-electron chi connectivity index (χ2n) is 6.14. The van der Waals surface area contributed by atoms with E-state index < -0.39 is 0 Å². The van der Waals surface area contributed by atoms with Crippen LogP contribution in [0.25, 0.3) is 0 Å². The average molecular weight is 382 g/mol. The molecule has 3 heterocycles. The predicted octanol–water partition coefficient (Wildman–Crippen LogP) is 3.54. The van der Waals surface area contributed by atoms with Crippen molar-refractivity contribution >= 4 is 29.3 Å². The molecule has 6 nitrogen and oxygen atoms in total. The van der Waals surface area contributed by atoms with Crippen molar-refractivity contribution in [1.82, 2.24) is 4.90 Å². The molecule has 138 valence electrons. The van der Waals surface area contributed by atoms with E-state index in [1.54, 1.807) is 34.5 Å². The normalized spacial score (nSPS) is 13.5. The highest BCUT2D eigenvalue weighted by atomic mass is 32.2. The van der Waals surface area contributed by atoms with Crippen molar-refractivity contribution in [3.8, 4) is 0 Å². The fourth-order valence-corrected chi connectivity index (χ4v) is 3.91. The number of hydrogen-bond acceptors (Lipinski definition) is 5. The highest BCUT2D eigenvalue weighted by Gasteiger charge is 2.28. The number of rotatable bonds is 6. The molecule has 4 rings (SSSR count). The number of fused-ring (bicyclic) bond motifs is 1. The van der Waals surface area contributed by atoms with Crippen molar-refractivity contribution in [2.24, 2.45) is 0 Å². The third-order valence-corrected chi connectivity index (χ3v) is 5.36. The van der Waals surface area contributed by atoms with Crippen LogP contribution in [0.4, 0.5) is 5.69 Å². The molecule has 0 N–H and O–H groups in total. The number of thioether (sulfide) groups is 1. The zero-order valence-corrected chi connectivity index (χ0v) is 15.4. The minimum atomic E-state index is -0.169. The van der Waals surface area contributed by atoms with E-state index in [9.17, 15) is 9.59 Å². The molecule has 0 saturated carbocycles. The maximum atomic E-state index is 13.1. The van der Waals surface area contributed by atoms with Crippen LogP contribution in [-0.2, 0) is 22.7 Å². The van der Waals surface area contributed by atoms with E-state index in [1.807, 2.05) is 36.4 Å². The first kappa shape index (κ1) is 17.5. The summed E-state index contributed by atoms with van der Waals surface area (Å²) in [4.78, 5) is 29.7. The van der Waals surface area contributed by atoms with E-state index in [1.165, 1.54) is 11.8 Å². The Morgan fingerprint density at radius 1 is 1.00 bits per heavy atom. The van der Waals surface area contributed by atoms with Crippen LogP contribution in [0.3, 0.4) is 0 Å². The lowest BCUT2D eigenvalue weighted by Crippen LogP contribution is -2.44. The van der Waals surface area contributed by atoms with E-state index in [4.69, 9.17) is 8.83 Å². The minimum absolute atomic E-state index is 0.0160. The van der Waals surface area contributed by atoms with Gasteiger partial charge in [0.25, 0.3) is 0 Å². The number of carbonyl (C=O) groups excluding carboxylic acids is 2. The lowest BCUT2D eigenvalue weighted by atomic mass is 10.2. The quantitative estimate of drug-likeness (QED) is 0.652. The minimum Gasteiger partial charge on any atom is -0.467 e. The Morgan fingerprint density at radius 2 is 1.67 bits per heavy atom. The molecular formula is C20H18N2O4S. The maximum absolute atomic E-state index is 13.1.